The number of fused-ring (bicyclic) bond motifs is 1. The number of aromatic nitrogens is 2. The van der Waals surface area contributed by atoms with Gasteiger partial charge in [0.05, 0.1) is 11.1 Å². The number of thiophene rings is 1. The number of rotatable bonds is 4. The lowest BCUT2D eigenvalue weighted by molar-refractivity contribution is -0.129. The number of benzene rings is 1. The van der Waals surface area contributed by atoms with E-state index in [1.54, 1.807) is 30.0 Å². The zero-order valence-electron chi connectivity index (χ0n) is 16.4. The van der Waals surface area contributed by atoms with Gasteiger partial charge in [-0.2, -0.15) is 0 Å². The van der Waals surface area contributed by atoms with Gasteiger partial charge in [-0.25, -0.2) is 9.97 Å². The zero-order chi connectivity index (χ0) is 19.7. The molecule has 1 amide bonds. The smallest absolute Gasteiger partial charge is 0.219 e. The summed E-state index contributed by atoms with van der Waals surface area (Å²) in [6.07, 6.45) is 0. The van der Waals surface area contributed by atoms with Gasteiger partial charge in [0.2, 0.25) is 5.91 Å². The van der Waals surface area contributed by atoms with Crippen molar-refractivity contribution < 1.29 is 4.79 Å². The molecule has 1 aliphatic heterocycles. The van der Waals surface area contributed by atoms with Crippen LogP contribution in [0, 0.1) is 13.8 Å². The van der Waals surface area contributed by atoms with E-state index < -0.39 is 0 Å². The number of carbonyl (C=O) groups is 1. The molecule has 4 rings (SSSR count). The number of carbonyl (C=O) groups excluding carboxylic acids is 1. The van der Waals surface area contributed by atoms with Crippen molar-refractivity contribution in [3.63, 3.8) is 0 Å². The van der Waals surface area contributed by atoms with E-state index in [9.17, 15) is 4.79 Å². The van der Waals surface area contributed by atoms with Gasteiger partial charge >= 0.3 is 0 Å². The molecule has 1 fully saturated rings. The van der Waals surface area contributed by atoms with Gasteiger partial charge < -0.3 is 9.80 Å². The van der Waals surface area contributed by atoms with Crippen molar-refractivity contribution in [1.82, 2.24) is 14.9 Å². The van der Waals surface area contributed by atoms with E-state index in [0.29, 0.717) is 0 Å². The number of aryl methyl sites for hydroxylation is 2. The highest BCUT2D eigenvalue weighted by Crippen LogP contribution is 2.36. The van der Waals surface area contributed by atoms with Crippen LogP contribution in [0.5, 0.6) is 0 Å². The Hall–Kier alpha value is -2.12. The number of hydrogen-bond acceptors (Lipinski definition) is 6. The summed E-state index contributed by atoms with van der Waals surface area (Å²) in [5, 5.41) is 1.17. The molecular formula is C21H24N4OS2. The van der Waals surface area contributed by atoms with Gasteiger partial charge in [-0.05, 0) is 31.5 Å². The largest absolute Gasteiger partial charge is 0.352 e. The highest BCUT2D eigenvalue weighted by molar-refractivity contribution is 7.98. The van der Waals surface area contributed by atoms with Gasteiger partial charge in [0.15, 0.2) is 0 Å². The Kier molecular flexibility index (Phi) is 5.55. The van der Waals surface area contributed by atoms with Crippen LogP contribution in [0.25, 0.3) is 10.2 Å². The summed E-state index contributed by atoms with van der Waals surface area (Å²) in [4.78, 5) is 29.3. The minimum absolute atomic E-state index is 0.148. The lowest BCUT2D eigenvalue weighted by atomic mass is 10.2. The molecular weight excluding hydrogens is 388 g/mol. The lowest BCUT2D eigenvalue weighted by Crippen LogP contribution is -2.48. The predicted molar refractivity (Wildman–Crippen MR) is 117 cm³/mol. The van der Waals surface area contributed by atoms with Crippen LogP contribution in [-0.4, -0.2) is 47.0 Å². The first-order valence-corrected chi connectivity index (χ1v) is 11.3. The molecule has 146 valence electrons. The molecule has 1 aromatic carbocycles. The number of hydrogen-bond donors (Lipinski definition) is 0. The van der Waals surface area contributed by atoms with Crippen molar-refractivity contribution in [3.05, 3.63) is 46.6 Å². The Morgan fingerprint density at radius 3 is 2.50 bits per heavy atom. The van der Waals surface area contributed by atoms with Gasteiger partial charge in [0, 0.05) is 42.9 Å². The Balaban J connectivity index is 1.64. The highest BCUT2D eigenvalue weighted by Gasteiger charge is 2.24. The molecule has 3 aromatic rings. The molecule has 5 nitrogen and oxygen atoms in total. The van der Waals surface area contributed by atoms with E-state index in [-0.39, 0.29) is 5.91 Å². The van der Waals surface area contributed by atoms with Crippen molar-refractivity contribution in [2.75, 3.05) is 31.1 Å². The third kappa shape index (κ3) is 3.86. The number of nitrogens with zero attached hydrogens (tertiary/aromatic N) is 4. The van der Waals surface area contributed by atoms with Crippen molar-refractivity contribution in [2.24, 2.45) is 0 Å². The van der Waals surface area contributed by atoms with Crippen LogP contribution in [0.3, 0.4) is 0 Å². The number of anilines is 1. The Labute approximate surface area is 173 Å². The van der Waals surface area contributed by atoms with E-state index in [4.69, 9.17) is 9.97 Å². The summed E-state index contributed by atoms with van der Waals surface area (Å²) in [5.74, 6) is 2.79. The summed E-state index contributed by atoms with van der Waals surface area (Å²) >= 11 is 3.51. The maximum Gasteiger partial charge on any atom is 0.219 e. The molecule has 0 aliphatic carbocycles. The minimum Gasteiger partial charge on any atom is -0.352 e. The van der Waals surface area contributed by atoms with Gasteiger partial charge in [0.1, 0.15) is 16.5 Å². The van der Waals surface area contributed by atoms with Crippen LogP contribution in [-0.2, 0) is 10.5 Å². The number of thioether (sulfide) groups is 1. The maximum absolute atomic E-state index is 11.7. The number of piperazine rings is 1. The molecule has 0 atom stereocenters. The average Bonchev–Trinajstić information content (AvgIpc) is 3.00. The molecule has 0 radical (unpaired) electrons. The zero-order valence-corrected chi connectivity index (χ0v) is 18.1. The normalized spacial score (nSPS) is 14.7. The average molecular weight is 413 g/mol. The SMILES string of the molecule is CC(=O)N1CCN(c2nc(CSc3ccccc3)nc3sc(C)c(C)c23)CC1. The fraction of sp³-hybridized carbons (Fsp3) is 0.381. The van der Waals surface area contributed by atoms with Crippen molar-refractivity contribution >= 4 is 45.0 Å². The van der Waals surface area contributed by atoms with Gasteiger partial charge in [-0.15, -0.1) is 23.1 Å². The summed E-state index contributed by atoms with van der Waals surface area (Å²) in [6.45, 7) is 9.07. The fourth-order valence-electron chi connectivity index (χ4n) is 3.46. The summed E-state index contributed by atoms with van der Waals surface area (Å²) in [5.41, 5.74) is 1.27. The molecule has 0 unspecified atom stereocenters. The molecule has 0 spiro atoms. The van der Waals surface area contributed by atoms with Crippen molar-refractivity contribution in [3.8, 4) is 0 Å². The predicted octanol–water partition coefficient (Wildman–Crippen LogP) is 4.27. The Bertz CT molecular complexity index is 995. The van der Waals surface area contributed by atoms with Crippen LogP contribution in [0.15, 0.2) is 35.2 Å². The van der Waals surface area contributed by atoms with Crippen molar-refractivity contribution in [2.45, 2.75) is 31.4 Å². The first-order valence-electron chi connectivity index (χ1n) is 9.48. The molecule has 1 aliphatic rings. The van der Waals surface area contributed by atoms with Gasteiger partial charge in [-0.3, -0.25) is 4.79 Å². The summed E-state index contributed by atoms with van der Waals surface area (Å²) < 4.78 is 0. The lowest BCUT2D eigenvalue weighted by Gasteiger charge is -2.35. The van der Waals surface area contributed by atoms with E-state index in [1.165, 1.54) is 20.7 Å². The minimum atomic E-state index is 0.148. The summed E-state index contributed by atoms with van der Waals surface area (Å²) in [7, 11) is 0. The molecule has 1 saturated heterocycles. The molecule has 7 heteroatoms. The van der Waals surface area contributed by atoms with Crippen LogP contribution in [0.2, 0.25) is 0 Å². The van der Waals surface area contributed by atoms with Gasteiger partial charge in [0.25, 0.3) is 0 Å². The standard InChI is InChI=1S/C21H24N4OS2/c1-14-15(2)28-21-19(14)20(25-11-9-24(10-12-25)16(3)26)22-18(23-21)13-27-17-7-5-4-6-8-17/h4-8H,9-13H2,1-3H3. The highest BCUT2D eigenvalue weighted by atomic mass is 32.2. The molecule has 0 N–H and O–H groups in total. The second-order valence-electron chi connectivity index (χ2n) is 7.02. The summed E-state index contributed by atoms with van der Waals surface area (Å²) in [6, 6.07) is 10.4. The molecule has 0 saturated carbocycles. The van der Waals surface area contributed by atoms with E-state index in [0.717, 1.165) is 48.4 Å². The fourth-order valence-corrected chi connectivity index (χ4v) is 5.28. The van der Waals surface area contributed by atoms with Crippen LogP contribution in [0.4, 0.5) is 5.82 Å². The van der Waals surface area contributed by atoms with Crippen LogP contribution >= 0.6 is 23.1 Å². The third-order valence-electron chi connectivity index (χ3n) is 5.19. The molecule has 2 aromatic heterocycles. The molecule has 3 heterocycles. The van der Waals surface area contributed by atoms with E-state index >= 15 is 0 Å². The second kappa shape index (κ2) is 8.09. The topological polar surface area (TPSA) is 49.3 Å². The van der Waals surface area contributed by atoms with Crippen LogP contribution in [0.1, 0.15) is 23.2 Å². The quantitative estimate of drug-likeness (QED) is 0.599. The Morgan fingerprint density at radius 1 is 1.11 bits per heavy atom. The van der Waals surface area contributed by atoms with Crippen LogP contribution < -0.4 is 4.90 Å². The first-order chi connectivity index (χ1) is 13.5. The molecule has 28 heavy (non-hydrogen) atoms. The van der Waals surface area contributed by atoms with E-state index in [2.05, 4.69) is 43.0 Å². The van der Waals surface area contributed by atoms with Crippen molar-refractivity contribution in [1.29, 1.82) is 0 Å². The maximum atomic E-state index is 11.7. The first kappa shape index (κ1) is 19.2. The monoisotopic (exact) mass is 412 g/mol. The van der Waals surface area contributed by atoms with Gasteiger partial charge in [-0.1, -0.05) is 18.2 Å². The number of amides is 1. The second-order valence-corrected chi connectivity index (χ2v) is 9.27. The third-order valence-corrected chi connectivity index (χ3v) is 7.30. The molecule has 0 bridgehead atoms. The Morgan fingerprint density at radius 2 is 1.82 bits per heavy atom. The van der Waals surface area contributed by atoms with E-state index in [1.807, 2.05) is 11.0 Å².